The third kappa shape index (κ3) is 5.12. The molecule has 0 heterocycles. The third-order valence-corrected chi connectivity index (χ3v) is 3.43. The van der Waals surface area contributed by atoms with Gasteiger partial charge in [-0.05, 0) is 61.4 Å². The fraction of sp³-hybridized carbons (Fsp3) is 0.238. The van der Waals surface area contributed by atoms with Crippen LogP contribution in [0, 0.1) is 11.3 Å². The molecule has 0 fully saturated rings. The fourth-order valence-electron chi connectivity index (χ4n) is 2.36. The first-order valence-corrected chi connectivity index (χ1v) is 8.37. The molecule has 5 nitrogen and oxygen atoms in total. The Hall–Kier alpha value is -3.26. The molecular weight excluding hydrogens is 330 g/mol. The minimum absolute atomic E-state index is 0.371. The molecule has 0 bridgehead atoms. The Labute approximate surface area is 153 Å². The summed E-state index contributed by atoms with van der Waals surface area (Å²) in [5.41, 5.74) is 2.06. The molecule has 5 heteroatoms. The lowest BCUT2D eigenvalue weighted by atomic mass is 10.0. The van der Waals surface area contributed by atoms with Crippen molar-refractivity contribution < 1.29 is 19.0 Å². The molecule has 0 saturated heterocycles. The highest BCUT2D eigenvalue weighted by Crippen LogP contribution is 2.31. The largest absolute Gasteiger partial charge is 0.490 e. The van der Waals surface area contributed by atoms with Crippen LogP contribution in [-0.4, -0.2) is 19.2 Å². The predicted octanol–water partition coefficient (Wildman–Crippen LogP) is 4.47. The lowest BCUT2D eigenvalue weighted by Gasteiger charge is -2.12. The van der Waals surface area contributed by atoms with E-state index in [9.17, 15) is 10.1 Å². The summed E-state index contributed by atoms with van der Waals surface area (Å²) in [5.74, 6) is 1.36. The van der Waals surface area contributed by atoms with E-state index < -0.39 is 0 Å². The molecule has 0 spiro atoms. The van der Waals surface area contributed by atoms with E-state index in [1.165, 1.54) is 6.92 Å². The molecule has 2 aromatic rings. The van der Waals surface area contributed by atoms with Crippen molar-refractivity contribution in [3.05, 3.63) is 53.6 Å². The molecule has 0 unspecified atom stereocenters. The summed E-state index contributed by atoms with van der Waals surface area (Å²) >= 11 is 0. The van der Waals surface area contributed by atoms with E-state index in [1.54, 1.807) is 42.5 Å². The molecule has 0 aliphatic rings. The molecule has 0 radical (unpaired) electrons. The summed E-state index contributed by atoms with van der Waals surface area (Å²) in [6, 6.07) is 14.6. The Bertz CT molecular complexity index is 832. The Morgan fingerprint density at radius 2 is 1.69 bits per heavy atom. The van der Waals surface area contributed by atoms with Crippen LogP contribution in [0.1, 0.15) is 31.9 Å². The second-order valence-electron chi connectivity index (χ2n) is 5.36. The molecule has 2 aromatic carbocycles. The first kappa shape index (κ1) is 19.1. The summed E-state index contributed by atoms with van der Waals surface area (Å²) in [4.78, 5) is 11.0. The van der Waals surface area contributed by atoms with Gasteiger partial charge in [0.05, 0.1) is 24.9 Å². The molecule has 2 rings (SSSR count). The number of carbonyl (C=O) groups excluding carboxylic acids is 1. The molecule has 0 amide bonds. The maximum Gasteiger partial charge on any atom is 0.308 e. The number of benzene rings is 2. The monoisotopic (exact) mass is 351 g/mol. The van der Waals surface area contributed by atoms with E-state index in [4.69, 9.17) is 14.2 Å². The van der Waals surface area contributed by atoms with Gasteiger partial charge in [0.2, 0.25) is 0 Å². The first-order valence-electron chi connectivity index (χ1n) is 8.37. The van der Waals surface area contributed by atoms with Crippen molar-refractivity contribution in [2.24, 2.45) is 0 Å². The average Bonchev–Trinajstić information content (AvgIpc) is 2.62. The maximum atomic E-state index is 11.0. The minimum Gasteiger partial charge on any atom is -0.490 e. The van der Waals surface area contributed by atoms with Gasteiger partial charge in [-0.25, -0.2) is 0 Å². The van der Waals surface area contributed by atoms with Gasteiger partial charge in [-0.2, -0.15) is 5.26 Å². The molecule has 0 N–H and O–H groups in total. The quantitative estimate of drug-likeness (QED) is 0.318. The smallest absolute Gasteiger partial charge is 0.308 e. The van der Waals surface area contributed by atoms with Gasteiger partial charge in [-0.15, -0.1) is 0 Å². The second-order valence-corrected chi connectivity index (χ2v) is 5.36. The van der Waals surface area contributed by atoms with E-state index >= 15 is 0 Å². The lowest BCUT2D eigenvalue weighted by molar-refractivity contribution is -0.131. The first-order chi connectivity index (χ1) is 12.6. The lowest BCUT2D eigenvalue weighted by Crippen LogP contribution is -2.00. The number of allylic oxidation sites excluding steroid dienone is 1. The van der Waals surface area contributed by atoms with E-state index in [2.05, 4.69) is 6.07 Å². The summed E-state index contributed by atoms with van der Waals surface area (Å²) in [7, 11) is 0. The Kier molecular flexibility index (Phi) is 6.81. The van der Waals surface area contributed by atoms with E-state index in [0.29, 0.717) is 36.0 Å². The van der Waals surface area contributed by atoms with Gasteiger partial charge in [-0.1, -0.05) is 12.1 Å². The third-order valence-electron chi connectivity index (χ3n) is 3.43. The zero-order valence-corrected chi connectivity index (χ0v) is 15.1. The van der Waals surface area contributed by atoms with Crippen molar-refractivity contribution in [3.8, 4) is 23.3 Å². The average molecular weight is 351 g/mol. The molecular formula is C21H21NO4. The van der Waals surface area contributed by atoms with Crippen molar-refractivity contribution >= 4 is 17.6 Å². The van der Waals surface area contributed by atoms with Crippen LogP contribution in [-0.2, 0) is 4.79 Å². The molecule has 0 atom stereocenters. The summed E-state index contributed by atoms with van der Waals surface area (Å²) in [5, 5.41) is 9.55. The highest BCUT2D eigenvalue weighted by atomic mass is 16.5. The highest BCUT2D eigenvalue weighted by Gasteiger charge is 2.09. The van der Waals surface area contributed by atoms with E-state index in [-0.39, 0.29) is 5.97 Å². The molecule has 134 valence electrons. The summed E-state index contributed by atoms with van der Waals surface area (Å²) < 4.78 is 16.2. The zero-order chi connectivity index (χ0) is 18.9. The van der Waals surface area contributed by atoms with Crippen LogP contribution in [0.2, 0.25) is 0 Å². The Morgan fingerprint density at radius 1 is 1.04 bits per heavy atom. The van der Waals surface area contributed by atoms with Crippen molar-refractivity contribution in [2.75, 3.05) is 13.2 Å². The number of esters is 1. The summed E-state index contributed by atoms with van der Waals surface area (Å²) in [6.07, 6.45) is 1.77. The van der Waals surface area contributed by atoms with E-state index in [0.717, 1.165) is 11.1 Å². The number of carbonyl (C=O) groups is 1. The van der Waals surface area contributed by atoms with Crippen LogP contribution < -0.4 is 14.2 Å². The van der Waals surface area contributed by atoms with Crippen LogP contribution in [0.25, 0.3) is 11.6 Å². The van der Waals surface area contributed by atoms with Gasteiger partial charge in [-0.3, -0.25) is 4.79 Å². The van der Waals surface area contributed by atoms with Crippen LogP contribution in [0.5, 0.6) is 17.2 Å². The highest BCUT2D eigenvalue weighted by molar-refractivity contribution is 5.90. The number of nitrogens with zero attached hydrogens (tertiary/aromatic N) is 1. The molecule has 0 saturated carbocycles. The fourth-order valence-corrected chi connectivity index (χ4v) is 2.36. The standard InChI is InChI=1S/C21H21NO4/c1-4-24-20-11-8-17(13-21(20)25-5-2)18(14-22)12-16-6-9-19(10-7-16)26-15(3)23/h6-13H,4-5H2,1-3H3/b18-12-. The molecule has 26 heavy (non-hydrogen) atoms. The Morgan fingerprint density at radius 3 is 2.27 bits per heavy atom. The molecule has 0 aliphatic carbocycles. The van der Waals surface area contributed by atoms with Crippen LogP contribution in [0.4, 0.5) is 0 Å². The SMILES string of the molecule is CCOc1ccc(/C(C#N)=C\c2ccc(OC(C)=O)cc2)cc1OCC. The second kappa shape index (κ2) is 9.28. The van der Waals surface area contributed by atoms with Gasteiger partial charge >= 0.3 is 5.97 Å². The van der Waals surface area contributed by atoms with Crippen molar-refractivity contribution in [1.29, 1.82) is 5.26 Å². The van der Waals surface area contributed by atoms with Crippen molar-refractivity contribution in [2.45, 2.75) is 20.8 Å². The minimum atomic E-state index is -0.371. The van der Waals surface area contributed by atoms with Crippen LogP contribution in [0.3, 0.4) is 0 Å². The number of ether oxygens (including phenoxy) is 3. The number of hydrogen-bond acceptors (Lipinski definition) is 5. The van der Waals surface area contributed by atoms with Crippen LogP contribution >= 0.6 is 0 Å². The van der Waals surface area contributed by atoms with Gasteiger partial charge in [0.25, 0.3) is 0 Å². The number of hydrogen-bond donors (Lipinski definition) is 0. The maximum absolute atomic E-state index is 11.0. The van der Waals surface area contributed by atoms with Gasteiger partial charge < -0.3 is 14.2 Å². The van der Waals surface area contributed by atoms with Gasteiger partial charge in [0.1, 0.15) is 5.75 Å². The van der Waals surface area contributed by atoms with Crippen molar-refractivity contribution in [1.82, 2.24) is 0 Å². The predicted molar refractivity (Wildman–Crippen MR) is 100 cm³/mol. The molecule has 0 aromatic heterocycles. The normalized spacial score (nSPS) is 10.8. The van der Waals surface area contributed by atoms with Crippen molar-refractivity contribution in [3.63, 3.8) is 0 Å². The van der Waals surface area contributed by atoms with Crippen LogP contribution in [0.15, 0.2) is 42.5 Å². The Balaban J connectivity index is 2.32. The number of nitriles is 1. The van der Waals surface area contributed by atoms with Gasteiger partial charge in [0, 0.05) is 6.92 Å². The molecule has 0 aliphatic heterocycles. The van der Waals surface area contributed by atoms with E-state index in [1.807, 2.05) is 19.9 Å². The zero-order valence-electron chi connectivity index (χ0n) is 15.1. The topological polar surface area (TPSA) is 68.5 Å². The van der Waals surface area contributed by atoms with Gasteiger partial charge in [0.15, 0.2) is 11.5 Å². The summed E-state index contributed by atoms with van der Waals surface area (Å²) in [6.45, 7) is 6.20. The number of rotatable bonds is 7.